The van der Waals surface area contributed by atoms with Crippen LogP contribution in [0.1, 0.15) is 10.4 Å². The molecule has 3 aromatic rings. The van der Waals surface area contributed by atoms with E-state index in [9.17, 15) is 9.59 Å². The molecule has 0 aliphatic heterocycles. The Kier molecular flexibility index (Phi) is 2.95. The first kappa shape index (κ1) is 12.4. The molecular weight excluding hydrogens is 252 g/mol. The number of ether oxygens (including phenoxy) is 1. The van der Waals surface area contributed by atoms with Gasteiger partial charge in [-0.2, -0.15) is 0 Å². The second kappa shape index (κ2) is 4.78. The zero-order valence-electron chi connectivity index (χ0n) is 10.9. The molecule has 3 nitrogen and oxygen atoms in total. The first-order chi connectivity index (χ1) is 9.70. The van der Waals surface area contributed by atoms with Crippen LogP contribution < -0.4 is 5.43 Å². The van der Waals surface area contributed by atoms with Crippen molar-refractivity contribution in [3.8, 4) is 0 Å². The van der Waals surface area contributed by atoms with Gasteiger partial charge in [-0.1, -0.05) is 36.4 Å². The second-order valence-electron chi connectivity index (χ2n) is 4.54. The molecular formula is C17H12O3. The van der Waals surface area contributed by atoms with E-state index in [-0.39, 0.29) is 5.43 Å². The molecule has 0 unspecified atom stereocenters. The quantitative estimate of drug-likeness (QED) is 0.634. The molecule has 0 aromatic heterocycles. The maximum atomic E-state index is 12.5. The first-order valence-electron chi connectivity index (χ1n) is 6.25. The zero-order chi connectivity index (χ0) is 14.1. The zero-order valence-corrected chi connectivity index (χ0v) is 10.9. The summed E-state index contributed by atoms with van der Waals surface area (Å²) >= 11 is 0. The lowest BCUT2D eigenvalue weighted by atomic mass is 10.1. The van der Waals surface area contributed by atoms with Crippen LogP contribution in [0.15, 0.2) is 59.4 Å². The third kappa shape index (κ3) is 1.93. The van der Waals surface area contributed by atoms with Gasteiger partial charge in [-0.25, -0.2) is 4.79 Å². The van der Waals surface area contributed by atoms with Gasteiger partial charge >= 0.3 is 5.97 Å². The molecule has 0 atom stereocenters. The van der Waals surface area contributed by atoms with Gasteiger partial charge in [0, 0.05) is 10.8 Å². The highest BCUT2D eigenvalue weighted by molar-refractivity contribution is 5.98. The van der Waals surface area contributed by atoms with E-state index in [1.54, 1.807) is 18.2 Å². The monoisotopic (exact) mass is 264 g/mol. The van der Waals surface area contributed by atoms with Crippen LogP contribution >= 0.6 is 0 Å². The van der Waals surface area contributed by atoms with Crippen LogP contribution in [0.3, 0.4) is 0 Å². The Hall–Kier alpha value is -2.68. The molecule has 0 saturated carbocycles. The summed E-state index contributed by atoms with van der Waals surface area (Å²) < 4.78 is 4.70. The predicted octanol–water partition coefficient (Wildman–Crippen LogP) is 3.14. The maximum Gasteiger partial charge on any atom is 0.337 e. The molecule has 0 fully saturated rings. The first-order valence-corrected chi connectivity index (χ1v) is 6.25. The van der Waals surface area contributed by atoms with Crippen LogP contribution in [0.5, 0.6) is 0 Å². The van der Waals surface area contributed by atoms with E-state index < -0.39 is 5.97 Å². The van der Waals surface area contributed by atoms with Crippen molar-refractivity contribution in [3.63, 3.8) is 0 Å². The Morgan fingerprint density at radius 3 is 2.40 bits per heavy atom. The van der Waals surface area contributed by atoms with Crippen LogP contribution in [-0.4, -0.2) is 13.1 Å². The van der Waals surface area contributed by atoms with Crippen LogP contribution in [0.25, 0.3) is 21.5 Å². The average molecular weight is 264 g/mol. The standard InChI is InChI=1S/C17H12O3/c1-20-17(19)13-8-9-15-12(10-13)7-6-11-4-2-3-5-14(11)16(15)18/h2-10H,1H3. The molecule has 3 rings (SSSR count). The van der Waals surface area contributed by atoms with Gasteiger partial charge in [0.2, 0.25) is 0 Å². The van der Waals surface area contributed by atoms with Gasteiger partial charge in [-0.3, -0.25) is 4.79 Å². The van der Waals surface area contributed by atoms with E-state index in [0.29, 0.717) is 16.3 Å². The van der Waals surface area contributed by atoms with Crippen molar-refractivity contribution in [3.05, 3.63) is 70.4 Å². The summed E-state index contributed by atoms with van der Waals surface area (Å²) in [6.07, 6.45) is 0. The summed E-state index contributed by atoms with van der Waals surface area (Å²) in [5, 5.41) is 2.88. The van der Waals surface area contributed by atoms with Gasteiger partial charge in [0.15, 0.2) is 5.43 Å². The Morgan fingerprint density at radius 2 is 1.60 bits per heavy atom. The Bertz CT molecular complexity index is 882. The van der Waals surface area contributed by atoms with E-state index >= 15 is 0 Å². The Morgan fingerprint density at radius 1 is 0.900 bits per heavy atom. The number of rotatable bonds is 1. The van der Waals surface area contributed by atoms with Crippen molar-refractivity contribution in [1.82, 2.24) is 0 Å². The summed E-state index contributed by atoms with van der Waals surface area (Å²) in [6.45, 7) is 0. The summed E-state index contributed by atoms with van der Waals surface area (Å²) in [4.78, 5) is 24.1. The highest BCUT2D eigenvalue weighted by atomic mass is 16.5. The Labute approximate surface area is 115 Å². The number of carbonyl (C=O) groups is 1. The summed E-state index contributed by atoms with van der Waals surface area (Å²) in [5.41, 5.74) is 0.409. The fourth-order valence-electron chi connectivity index (χ4n) is 2.33. The lowest BCUT2D eigenvalue weighted by Crippen LogP contribution is -2.02. The van der Waals surface area contributed by atoms with Crippen LogP contribution in [0.2, 0.25) is 0 Å². The average Bonchev–Trinajstić information content (AvgIpc) is 2.64. The summed E-state index contributed by atoms with van der Waals surface area (Å²) in [6, 6.07) is 16.2. The minimum Gasteiger partial charge on any atom is -0.465 e. The number of carbonyl (C=O) groups excluding carboxylic acids is 1. The molecule has 98 valence electrons. The molecule has 3 aromatic carbocycles. The number of fused-ring (bicyclic) bond motifs is 2. The lowest BCUT2D eigenvalue weighted by Gasteiger charge is -1.99. The number of esters is 1. The second-order valence-corrected chi connectivity index (χ2v) is 4.54. The molecule has 0 N–H and O–H groups in total. The molecule has 0 amide bonds. The molecule has 0 radical (unpaired) electrons. The lowest BCUT2D eigenvalue weighted by molar-refractivity contribution is 0.0601. The third-order valence-corrected chi connectivity index (χ3v) is 3.37. The van der Waals surface area contributed by atoms with Gasteiger partial charge in [0.05, 0.1) is 12.7 Å². The van der Waals surface area contributed by atoms with Crippen molar-refractivity contribution in [2.24, 2.45) is 0 Å². The van der Waals surface area contributed by atoms with Gasteiger partial charge in [0.1, 0.15) is 0 Å². The molecule has 20 heavy (non-hydrogen) atoms. The van der Waals surface area contributed by atoms with Gasteiger partial charge < -0.3 is 4.74 Å². The van der Waals surface area contributed by atoms with E-state index in [4.69, 9.17) is 4.74 Å². The number of hydrogen-bond acceptors (Lipinski definition) is 3. The minimum atomic E-state index is -0.407. The van der Waals surface area contributed by atoms with Gasteiger partial charge in [-0.15, -0.1) is 0 Å². The van der Waals surface area contributed by atoms with Crippen molar-refractivity contribution >= 4 is 27.5 Å². The third-order valence-electron chi connectivity index (χ3n) is 3.37. The van der Waals surface area contributed by atoms with Gasteiger partial charge in [-0.05, 0) is 29.0 Å². The van der Waals surface area contributed by atoms with Crippen molar-refractivity contribution in [1.29, 1.82) is 0 Å². The van der Waals surface area contributed by atoms with Crippen molar-refractivity contribution in [2.45, 2.75) is 0 Å². The molecule has 3 heteroatoms. The minimum absolute atomic E-state index is 0.0305. The number of methoxy groups -OCH3 is 1. The number of benzene rings is 2. The van der Waals surface area contributed by atoms with E-state index in [0.717, 1.165) is 10.8 Å². The highest BCUT2D eigenvalue weighted by Crippen LogP contribution is 2.17. The molecule has 0 saturated heterocycles. The number of hydrogen-bond donors (Lipinski definition) is 0. The molecule has 0 bridgehead atoms. The fraction of sp³-hybridized carbons (Fsp3) is 0.0588. The SMILES string of the molecule is COC(=O)c1ccc2c(=O)c3ccccc3ccc2c1. The summed E-state index contributed by atoms with van der Waals surface area (Å²) in [7, 11) is 1.34. The van der Waals surface area contributed by atoms with Crippen LogP contribution in [0.4, 0.5) is 0 Å². The van der Waals surface area contributed by atoms with E-state index in [2.05, 4.69) is 0 Å². The normalized spacial score (nSPS) is 10.7. The highest BCUT2D eigenvalue weighted by Gasteiger charge is 2.07. The largest absolute Gasteiger partial charge is 0.465 e. The van der Waals surface area contributed by atoms with Crippen LogP contribution in [0, 0.1) is 0 Å². The summed E-state index contributed by atoms with van der Waals surface area (Å²) in [5.74, 6) is -0.407. The molecule has 0 aliphatic rings. The Balaban J connectivity index is 2.42. The van der Waals surface area contributed by atoms with Gasteiger partial charge in [0.25, 0.3) is 0 Å². The topological polar surface area (TPSA) is 43.4 Å². The van der Waals surface area contributed by atoms with Crippen molar-refractivity contribution < 1.29 is 9.53 Å². The van der Waals surface area contributed by atoms with E-state index in [1.165, 1.54) is 7.11 Å². The van der Waals surface area contributed by atoms with E-state index in [1.807, 2.05) is 36.4 Å². The van der Waals surface area contributed by atoms with Crippen molar-refractivity contribution in [2.75, 3.05) is 7.11 Å². The molecule has 0 spiro atoms. The predicted molar refractivity (Wildman–Crippen MR) is 79.1 cm³/mol. The fourth-order valence-corrected chi connectivity index (χ4v) is 2.33. The molecule has 0 aliphatic carbocycles. The maximum absolute atomic E-state index is 12.5. The molecule has 0 heterocycles. The van der Waals surface area contributed by atoms with Crippen LogP contribution in [-0.2, 0) is 4.74 Å². The smallest absolute Gasteiger partial charge is 0.337 e.